The lowest BCUT2D eigenvalue weighted by molar-refractivity contribution is -0.139. The van der Waals surface area contributed by atoms with E-state index in [4.69, 9.17) is 0 Å². The van der Waals surface area contributed by atoms with Gasteiger partial charge in [0, 0.05) is 31.6 Å². The van der Waals surface area contributed by atoms with Gasteiger partial charge in [0.25, 0.3) is 5.91 Å². The summed E-state index contributed by atoms with van der Waals surface area (Å²) in [5.74, 6) is -1.73. The number of nitrogens with one attached hydrogen (secondary N) is 3. The van der Waals surface area contributed by atoms with E-state index in [2.05, 4.69) is 16.0 Å². The number of carboxylic acid groups (broad SMARTS) is 1. The zero-order valence-electron chi connectivity index (χ0n) is 19.3. The topological polar surface area (TPSA) is 128 Å². The number of rotatable bonds is 9. The Morgan fingerprint density at radius 2 is 1.79 bits per heavy atom. The third-order valence-corrected chi connectivity index (χ3v) is 6.49. The molecule has 3 amide bonds. The highest BCUT2D eigenvalue weighted by Crippen LogP contribution is 2.21. The highest BCUT2D eigenvalue weighted by Gasteiger charge is 2.30. The van der Waals surface area contributed by atoms with Crippen LogP contribution in [0.1, 0.15) is 48.9 Å². The molecule has 1 aromatic rings. The number of amides is 3. The second kappa shape index (κ2) is 13.9. The van der Waals surface area contributed by atoms with Gasteiger partial charge < -0.3 is 26.0 Å². The van der Waals surface area contributed by atoms with Crippen molar-refractivity contribution < 1.29 is 24.3 Å². The number of carbonyl (C=O) groups is 4. The molecule has 0 radical (unpaired) electrons. The molecule has 0 unspecified atom stereocenters. The molecular weight excluding hydrogens is 460 g/mol. The molecule has 0 bridgehead atoms. The molecule has 9 nitrogen and oxygen atoms in total. The van der Waals surface area contributed by atoms with Crippen molar-refractivity contribution in [3.63, 3.8) is 0 Å². The quantitative estimate of drug-likeness (QED) is 0.411. The van der Waals surface area contributed by atoms with Crippen molar-refractivity contribution in [1.29, 1.82) is 0 Å². The first kappa shape index (κ1) is 27.6. The van der Waals surface area contributed by atoms with E-state index in [9.17, 15) is 24.3 Å². The van der Waals surface area contributed by atoms with Gasteiger partial charge in [-0.3, -0.25) is 14.4 Å². The van der Waals surface area contributed by atoms with Gasteiger partial charge in [-0.15, -0.1) is 12.4 Å². The molecule has 0 aliphatic carbocycles. The molecule has 0 aromatic heterocycles. The molecule has 188 valence electrons. The molecule has 2 atom stereocenters. The maximum absolute atomic E-state index is 12.7. The van der Waals surface area contributed by atoms with Crippen LogP contribution in [0, 0.1) is 11.8 Å². The lowest BCUT2D eigenvalue weighted by atomic mass is 9.92. The molecule has 3 rings (SSSR count). The Balaban J connectivity index is 0.00000408. The first-order valence-corrected chi connectivity index (χ1v) is 11.8. The minimum Gasteiger partial charge on any atom is -0.480 e. The molecule has 2 heterocycles. The Kier molecular flexibility index (Phi) is 11.3. The number of nitrogens with zero attached hydrogens (tertiary/aromatic N) is 1. The molecule has 10 heteroatoms. The summed E-state index contributed by atoms with van der Waals surface area (Å²) in [6, 6.07) is 7.08. The van der Waals surface area contributed by atoms with Crippen LogP contribution in [-0.4, -0.2) is 72.5 Å². The van der Waals surface area contributed by atoms with Crippen LogP contribution < -0.4 is 16.0 Å². The predicted molar refractivity (Wildman–Crippen MR) is 130 cm³/mol. The smallest absolute Gasteiger partial charge is 0.328 e. The Hall–Kier alpha value is -2.65. The molecule has 0 spiro atoms. The first-order valence-electron chi connectivity index (χ1n) is 11.8. The summed E-state index contributed by atoms with van der Waals surface area (Å²) >= 11 is 0. The van der Waals surface area contributed by atoms with Crippen LogP contribution in [-0.2, 0) is 14.4 Å². The van der Waals surface area contributed by atoms with Gasteiger partial charge in [-0.1, -0.05) is 18.2 Å². The summed E-state index contributed by atoms with van der Waals surface area (Å²) in [6.45, 7) is 2.81. The molecule has 0 saturated carbocycles. The summed E-state index contributed by atoms with van der Waals surface area (Å²) in [5, 5.41) is 17.9. The molecule has 2 aliphatic heterocycles. The summed E-state index contributed by atoms with van der Waals surface area (Å²) in [5.41, 5.74) is 0.348. The number of carbonyl (C=O) groups excluding carboxylic acids is 3. The predicted octanol–water partition coefficient (Wildman–Crippen LogP) is 1.43. The van der Waals surface area contributed by atoms with Crippen molar-refractivity contribution >= 4 is 36.1 Å². The minimum absolute atomic E-state index is 0. The number of aliphatic carboxylic acids is 1. The highest BCUT2D eigenvalue weighted by atomic mass is 35.5. The standard InChI is InChI=1S/C24H34N4O5.ClH/c29-21(9-8-17-10-12-25-13-11-17)28-14-4-7-19(16-28)22(30)26-15-20(24(32)33)27-23(31)18-5-2-1-3-6-18;/h1-3,5-6,17,19-20,25H,4,7-16H2,(H,26,30)(H,27,31)(H,32,33);1H/t19-,20+;/m1./s1. The normalized spacial score (nSPS) is 19.4. The molecular formula is C24H35ClN4O5. The zero-order valence-corrected chi connectivity index (χ0v) is 20.1. The number of likely N-dealkylation sites (tertiary alicyclic amines) is 1. The largest absolute Gasteiger partial charge is 0.480 e. The van der Waals surface area contributed by atoms with E-state index in [1.807, 2.05) is 0 Å². The lowest BCUT2D eigenvalue weighted by Gasteiger charge is -2.33. The van der Waals surface area contributed by atoms with Crippen molar-refractivity contribution in [2.45, 2.75) is 44.6 Å². The van der Waals surface area contributed by atoms with Gasteiger partial charge in [0.15, 0.2) is 0 Å². The Morgan fingerprint density at radius 1 is 1.09 bits per heavy atom. The van der Waals surface area contributed by atoms with E-state index in [0.717, 1.165) is 38.8 Å². The maximum atomic E-state index is 12.7. The Labute approximate surface area is 206 Å². The van der Waals surface area contributed by atoms with E-state index in [1.54, 1.807) is 35.2 Å². The van der Waals surface area contributed by atoms with Gasteiger partial charge >= 0.3 is 5.97 Å². The molecule has 4 N–H and O–H groups in total. The van der Waals surface area contributed by atoms with Gasteiger partial charge in [0.05, 0.1) is 5.92 Å². The number of halogens is 1. The van der Waals surface area contributed by atoms with Gasteiger partial charge in [-0.05, 0) is 63.2 Å². The highest BCUT2D eigenvalue weighted by molar-refractivity contribution is 5.96. The first-order chi connectivity index (χ1) is 15.9. The number of benzene rings is 1. The second-order valence-electron chi connectivity index (χ2n) is 8.89. The van der Waals surface area contributed by atoms with Gasteiger partial charge in [0.2, 0.25) is 11.8 Å². The average molecular weight is 495 g/mol. The van der Waals surface area contributed by atoms with Crippen LogP contribution in [0.4, 0.5) is 0 Å². The third kappa shape index (κ3) is 8.29. The number of carboxylic acids is 1. The van der Waals surface area contributed by atoms with Crippen molar-refractivity contribution in [2.24, 2.45) is 11.8 Å². The van der Waals surface area contributed by atoms with Crippen molar-refractivity contribution in [3.8, 4) is 0 Å². The summed E-state index contributed by atoms with van der Waals surface area (Å²) < 4.78 is 0. The van der Waals surface area contributed by atoms with Gasteiger partial charge in [0.1, 0.15) is 6.04 Å². The second-order valence-corrected chi connectivity index (χ2v) is 8.89. The maximum Gasteiger partial charge on any atom is 0.328 e. The van der Waals surface area contributed by atoms with Crippen LogP contribution in [0.3, 0.4) is 0 Å². The van der Waals surface area contributed by atoms with Crippen LogP contribution >= 0.6 is 12.4 Å². The lowest BCUT2D eigenvalue weighted by Crippen LogP contribution is -2.51. The average Bonchev–Trinajstić information content (AvgIpc) is 2.85. The van der Waals surface area contributed by atoms with Crippen LogP contribution in [0.15, 0.2) is 30.3 Å². The molecule has 2 fully saturated rings. The fraction of sp³-hybridized carbons (Fsp3) is 0.583. The SMILES string of the molecule is Cl.O=C(N[C@@H](CNC(=O)[C@@H]1CCCN(C(=O)CCC2CCNCC2)C1)C(=O)O)c1ccccc1. The molecule has 1 aromatic carbocycles. The summed E-state index contributed by atoms with van der Waals surface area (Å²) in [4.78, 5) is 51.0. The van der Waals surface area contributed by atoms with E-state index >= 15 is 0 Å². The van der Waals surface area contributed by atoms with Crippen molar-refractivity contribution in [3.05, 3.63) is 35.9 Å². The van der Waals surface area contributed by atoms with Crippen molar-refractivity contribution in [1.82, 2.24) is 20.9 Å². The summed E-state index contributed by atoms with van der Waals surface area (Å²) in [6.07, 6.45) is 4.98. The van der Waals surface area contributed by atoms with E-state index in [1.165, 1.54) is 0 Å². The third-order valence-electron chi connectivity index (χ3n) is 6.49. The molecule has 2 saturated heterocycles. The van der Waals surface area contributed by atoms with E-state index in [-0.39, 0.29) is 36.7 Å². The number of hydrogen-bond acceptors (Lipinski definition) is 5. The number of piperidine rings is 2. The van der Waals surface area contributed by atoms with Gasteiger partial charge in [-0.2, -0.15) is 0 Å². The van der Waals surface area contributed by atoms with Crippen LogP contribution in [0.2, 0.25) is 0 Å². The van der Waals surface area contributed by atoms with Crippen LogP contribution in [0.25, 0.3) is 0 Å². The Morgan fingerprint density at radius 3 is 2.47 bits per heavy atom. The van der Waals surface area contributed by atoms with Crippen LogP contribution in [0.5, 0.6) is 0 Å². The number of hydrogen-bond donors (Lipinski definition) is 4. The Bertz CT molecular complexity index is 832. The zero-order chi connectivity index (χ0) is 23.6. The van der Waals surface area contributed by atoms with Gasteiger partial charge in [-0.25, -0.2) is 4.79 Å². The van der Waals surface area contributed by atoms with E-state index in [0.29, 0.717) is 37.4 Å². The van der Waals surface area contributed by atoms with Crippen molar-refractivity contribution in [2.75, 3.05) is 32.7 Å². The minimum atomic E-state index is -1.24. The fourth-order valence-electron chi connectivity index (χ4n) is 4.45. The monoisotopic (exact) mass is 494 g/mol. The summed E-state index contributed by atoms with van der Waals surface area (Å²) in [7, 11) is 0. The van der Waals surface area contributed by atoms with E-state index < -0.39 is 17.9 Å². The molecule has 2 aliphatic rings. The fourth-order valence-corrected chi connectivity index (χ4v) is 4.45. The molecule has 34 heavy (non-hydrogen) atoms.